The molecule has 2 aromatic carbocycles. The van der Waals surface area contributed by atoms with Crippen LogP contribution in [0.3, 0.4) is 0 Å². The molecule has 1 N–H and O–H groups in total. The van der Waals surface area contributed by atoms with Crippen LogP contribution in [0.5, 0.6) is 0 Å². The average Bonchev–Trinajstić information content (AvgIpc) is 2.54. The number of carbonyl (C=O) groups is 1. The van der Waals surface area contributed by atoms with Crippen molar-refractivity contribution in [3.8, 4) is 11.1 Å². The summed E-state index contributed by atoms with van der Waals surface area (Å²) in [5.41, 5.74) is 0.332. The highest BCUT2D eigenvalue weighted by Gasteiger charge is 2.23. The fraction of sp³-hybridized carbons (Fsp3) is 0.316. The molecular weight excluding hydrogens is 314 g/mol. The van der Waals surface area contributed by atoms with Crippen LogP contribution in [0.15, 0.2) is 42.5 Å². The first-order valence-electron chi connectivity index (χ1n) is 7.77. The van der Waals surface area contributed by atoms with Crippen LogP contribution in [-0.4, -0.2) is 17.7 Å². The normalized spacial score (nSPS) is 13.4. The topological polar surface area (TPSA) is 46.5 Å². The highest BCUT2D eigenvalue weighted by Crippen LogP contribution is 2.29. The number of ether oxygens (including phenoxy) is 1. The molecule has 0 fully saturated rings. The van der Waals surface area contributed by atoms with E-state index in [9.17, 15) is 18.7 Å². The minimum Gasteiger partial charge on any atom is -0.466 e. The molecule has 0 spiro atoms. The number of hydrogen-bond acceptors (Lipinski definition) is 3. The van der Waals surface area contributed by atoms with Crippen LogP contribution in [0, 0.1) is 11.6 Å². The van der Waals surface area contributed by atoms with E-state index in [1.54, 1.807) is 38.1 Å². The van der Waals surface area contributed by atoms with Crippen molar-refractivity contribution in [2.75, 3.05) is 6.61 Å². The molecular formula is C19H20F2O3. The van der Waals surface area contributed by atoms with Gasteiger partial charge in [0.25, 0.3) is 0 Å². The largest absolute Gasteiger partial charge is 0.466 e. The molecule has 0 aliphatic carbocycles. The maximum Gasteiger partial charge on any atom is 0.305 e. The standard InChI is InChI=1S/C19H20F2O3/c1-3-18(22)24-11-10-19(2,23)14-6-4-13(5-7-14)16-9-8-15(20)12-17(16)21/h4-9,12,23H,3,10-11H2,1-2H3. The molecule has 1 unspecified atom stereocenters. The maximum absolute atomic E-state index is 13.8. The van der Waals surface area contributed by atoms with Gasteiger partial charge in [-0.05, 0) is 30.2 Å². The molecule has 2 aromatic rings. The summed E-state index contributed by atoms with van der Waals surface area (Å²) in [5.74, 6) is -1.58. The lowest BCUT2D eigenvalue weighted by atomic mass is 9.91. The summed E-state index contributed by atoms with van der Waals surface area (Å²) in [5, 5.41) is 10.5. The minimum absolute atomic E-state index is 0.119. The minimum atomic E-state index is -1.17. The van der Waals surface area contributed by atoms with E-state index in [0.717, 1.165) is 6.07 Å². The Hall–Kier alpha value is -2.27. The lowest BCUT2D eigenvalue weighted by molar-refractivity contribution is -0.144. The van der Waals surface area contributed by atoms with Gasteiger partial charge in [0.1, 0.15) is 11.6 Å². The summed E-state index contributed by atoms with van der Waals surface area (Å²) in [6.07, 6.45) is 0.545. The zero-order chi connectivity index (χ0) is 17.7. The Labute approximate surface area is 139 Å². The van der Waals surface area contributed by atoms with Crippen LogP contribution in [0.2, 0.25) is 0 Å². The number of aliphatic hydroxyl groups is 1. The molecule has 0 bridgehead atoms. The van der Waals surface area contributed by atoms with Crippen LogP contribution in [0.1, 0.15) is 32.3 Å². The van der Waals surface area contributed by atoms with Gasteiger partial charge in [-0.25, -0.2) is 8.78 Å². The highest BCUT2D eigenvalue weighted by molar-refractivity contribution is 5.68. The SMILES string of the molecule is CCC(=O)OCCC(C)(O)c1ccc(-c2ccc(F)cc2F)cc1. The third-order valence-corrected chi connectivity index (χ3v) is 3.89. The summed E-state index contributed by atoms with van der Waals surface area (Å²) < 4.78 is 31.8. The van der Waals surface area contributed by atoms with E-state index in [0.29, 0.717) is 23.1 Å². The van der Waals surface area contributed by atoms with Crippen molar-refractivity contribution >= 4 is 5.97 Å². The Balaban J connectivity index is 2.11. The predicted octanol–water partition coefficient (Wildman–Crippen LogP) is 4.18. The quantitative estimate of drug-likeness (QED) is 0.806. The Morgan fingerprint density at radius 1 is 1.17 bits per heavy atom. The molecule has 1 atom stereocenters. The molecule has 0 saturated heterocycles. The third kappa shape index (κ3) is 4.38. The van der Waals surface area contributed by atoms with Crippen molar-refractivity contribution < 1.29 is 23.4 Å². The van der Waals surface area contributed by atoms with Gasteiger partial charge in [0, 0.05) is 24.5 Å². The van der Waals surface area contributed by atoms with E-state index in [1.807, 2.05) is 0 Å². The molecule has 5 heteroatoms. The van der Waals surface area contributed by atoms with Crippen LogP contribution in [0.4, 0.5) is 8.78 Å². The number of carbonyl (C=O) groups excluding carboxylic acids is 1. The molecule has 0 aliphatic heterocycles. The lowest BCUT2D eigenvalue weighted by Gasteiger charge is -2.24. The Bertz CT molecular complexity index is 709. The fourth-order valence-electron chi connectivity index (χ4n) is 2.34. The average molecular weight is 334 g/mol. The predicted molar refractivity (Wildman–Crippen MR) is 87.2 cm³/mol. The van der Waals surface area contributed by atoms with Crippen molar-refractivity contribution in [2.45, 2.75) is 32.3 Å². The van der Waals surface area contributed by atoms with Gasteiger partial charge in [-0.15, -0.1) is 0 Å². The van der Waals surface area contributed by atoms with Crippen LogP contribution in [0.25, 0.3) is 11.1 Å². The van der Waals surface area contributed by atoms with Gasteiger partial charge in [0.15, 0.2) is 0 Å². The number of benzene rings is 2. The molecule has 0 radical (unpaired) electrons. The highest BCUT2D eigenvalue weighted by atomic mass is 19.1. The van der Waals surface area contributed by atoms with E-state index in [1.165, 1.54) is 12.1 Å². The molecule has 2 rings (SSSR count). The van der Waals surface area contributed by atoms with Crippen LogP contribution >= 0.6 is 0 Å². The van der Waals surface area contributed by atoms with Crippen molar-refractivity contribution in [2.24, 2.45) is 0 Å². The van der Waals surface area contributed by atoms with Gasteiger partial charge in [0.05, 0.1) is 12.2 Å². The number of esters is 1. The molecule has 0 amide bonds. The molecule has 0 heterocycles. The first-order chi connectivity index (χ1) is 11.3. The van der Waals surface area contributed by atoms with Crippen LogP contribution in [-0.2, 0) is 15.1 Å². The zero-order valence-electron chi connectivity index (χ0n) is 13.7. The lowest BCUT2D eigenvalue weighted by Crippen LogP contribution is -2.24. The van der Waals surface area contributed by atoms with Gasteiger partial charge in [-0.1, -0.05) is 31.2 Å². The Morgan fingerprint density at radius 3 is 2.42 bits per heavy atom. The van der Waals surface area contributed by atoms with Gasteiger partial charge < -0.3 is 9.84 Å². The second-order valence-electron chi connectivity index (χ2n) is 5.80. The Morgan fingerprint density at radius 2 is 1.83 bits per heavy atom. The number of hydrogen-bond donors (Lipinski definition) is 1. The molecule has 24 heavy (non-hydrogen) atoms. The molecule has 128 valence electrons. The van der Waals surface area contributed by atoms with Gasteiger partial charge >= 0.3 is 5.97 Å². The summed E-state index contributed by atoms with van der Waals surface area (Å²) in [7, 11) is 0. The van der Waals surface area contributed by atoms with Gasteiger partial charge in [0.2, 0.25) is 0 Å². The van der Waals surface area contributed by atoms with Crippen molar-refractivity contribution in [3.63, 3.8) is 0 Å². The van der Waals surface area contributed by atoms with E-state index in [2.05, 4.69) is 0 Å². The molecule has 0 aromatic heterocycles. The number of rotatable bonds is 6. The van der Waals surface area contributed by atoms with E-state index in [-0.39, 0.29) is 19.0 Å². The first kappa shape index (κ1) is 18.1. The van der Waals surface area contributed by atoms with Crippen molar-refractivity contribution in [1.29, 1.82) is 0 Å². The first-order valence-corrected chi connectivity index (χ1v) is 7.77. The van der Waals surface area contributed by atoms with Gasteiger partial charge in [-0.3, -0.25) is 4.79 Å². The Kier molecular flexibility index (Phi) is 5.67. The zero-order valence-corrected chi connectivity index (χ0v) is 13.7. The van der Waals surface area contributed by atoms with E-state index >= 15 is 0 Å². The van der Waals surface area contributed by atoms with Crippen molar-refractivity contribution in [3.05, 3.63) is 59.7 Å². The smallest absolute Gasteiger partial charge is 0.305 e. The third-order valence-electron chi connectivity index (χ3n) is 3.89. The van der Waals surface area contributed by atoms with Gasteiger partial charge in [-0.2, -0.15) is 0 Å². The summed E-state index contributed by atoms with van der Waals surface area (Å²) in [6.45, 7) is 3.45. The van der Waals surface area contributed by atoms with E-state index < -0.39 is 17.2 Å². The second-order valence-corrected chi connectivity index (χ2v) is 5.80. The second kappa shape index (κ2) is 7.53. The molecule has 0 saturated carbocycles. The fourth-order valence-corrected chi connectivity index (χ4v) is 2.34. The summed E-state index contributed by atoms with van der Waals surface area (Å²) in [6, 6.07) is 10.1. The van der Waals surface area contributed by atoms with Crippen molar-refractivity contribution in [1.82, 2.24) is 0 Å². The van der Waals surface area contributed by atoms with Crippen LogP contribution < -0.4 is 0 Å². The summed E-state index contributed by atoms with van der Waals surface area (Å²) in [4.78, 5) is 11.1. The monoisotopic (exact) mass is 334 g/mol. The summed E-state index contributed by atoms with van der Waals surface area (Å²) >= 11 is 0. The van der Waals surface area contributed by atoms with E-state index in [4.69, 9.17) is 4.74 Å². The number of halogens is 2. The maximum atomic E-state index is 13.8. The molecule has 0 aliphatic rings. The molecule has 3 nitrogen and oxygen atoms in total.